The monoisotopic (exact) mass is 429 g/mol. The van der Waals surface area contributed by atoms with Gasteiger partial charge in [0.05, 0.1) is 9.93 Å². The first kappa shape index (κ1) is 18.8. The van der Waals surface area contributed by atoms with Crippen LogP contribution in [0.25, 0.3) is 17.4 Å². The zero-order valence-corrected chi connectivity index (χ0v) is 16.9. The number of amides is 1. The highest BCUT2D eigenvalue weighted by Gasteiger charge is 2.31. The molecule has 0 N–H and O–H groups in total. The fourth-order valence-electron chi connectivity index (χ4n) is 2.58. The minimum Gasteiger partial charge on any atom is -0.457 e. The van der Waals surface area contributed by atoms with Crippen LogP contribution in [0, 0.1) is 0 Å². The van der Waals surface area contributed by atoms with Gasteiger partial charge in [0, 0.05) is 24.9 Å². The first-order chi connectivity index (χ1) is 13.5. The normalized spacial score (nSPS) is 17.1. The van der Waals surface area contributed by atoms with Crippen LogP contribution in [0.15, 0.2) is 69.0 Å². The number of nitrogens with zero attached hydrogens (tertiary/aromatic N) is 3. The molecule has 0 saturated carbocycles. The number of hydrogen-bond acceptors (Lipinski definition) is 5. The van der Waals surface area contributed by atoms with Crippen molar-refractivity contribution >= 4 is 57.8 Å². The predicted octanol–water partition coefficient (Wildman–Crippen LogP) is 5.88. The van der Waals surface area contributed by atoms with Crippen LogP contribution in [0.5, 0.6) is 0 Å². The molecule has 8 heteroatoms. The van der Waals surface area contributed by atoms with E-state index in [0.717, 1.165) is 5.56 Å². The summed E-state index contributed by atoms with van der Waals surface area (Å²) < 4.78 is 5.85. The van der Waals surface area contributed by atoms with Gasteiger partial charge in [0.2, 0.25) is 0 Å². The second kappa shape index (κ2) is 7.83. The fourth-order valence-corrected chi connectivity index (χ4v) is 3.93. The second-order valence-electron chi connectivity index (χ2n) is 5.86. The summed E-state index contributed by atoms with van der Waals surface area (Å²) >= 11 is 13.5. The smallest absolute Gasteiger partial charge is 0.266 e. The lowest BCUT2D eigenvalue weighted by molar-refractivity contribution is -0.121. The Morgan fingerprint density at radius 3 is 2.75 bits per heavy atom. The molecule has 0 spiro atoms. The molecule has 0 unspecified atom stereocenters. The van der Waals surface area contributed by atoms with E-state index < -0.39 is 0 Å². The molecule has 28 heavy (non-hydrogen) atoms. The predicted molar refractivity (Wildman–Crippen MR) is 114 cm³/mol. The van der Waals surface area contributed by atoms with Crippen molar-refractivity contribution < 1.29 is 9.21 Å². The summed E-state index contributed by atoms with van der Waals surface area (Å²) in [7, 11) is 1.66. The van der Waals surface area contributed by atoms with E-state index in [2.05, 4.69) is 9.98 Å². The summed E-state index contributed by atoms with van der Waals surface area (Å²) in [4.78, 5) is 23.0. The highest BCUT2D eigenvalue weighted by molar-refractivity contribution is 8.18. The molecule has 5 nitrogen and oxygen atoms in total. The van der Waals surface area contributed by atoms with Gasteiger partial charge in [0.25, 0.3) is 5.91 Å². The minimum atomic E-state index is -0.167. The molecule has 1 aliphatic rings. The molecule has 1 amide bonds. The van der Waals surface area contributed by atoms with E-state index in [1.807, 2.05) is 24.3 Å². The number of amidine groups is 1. The summed E-state index contributed by atoms with van der Waals surface area (Å²) in [6.07, 6.45) is 3.28. The van der Waals surface area contributed by atoms with Gasteiger partial charge in [-0.15, -0.1) is 0 Å². The van der Waals surface area contributed by atoms with Crippen LogP contribution in [0.3, 0.4) is 0 Å². The molecule has 1 aromatic carbocycles. The second-order valence-corrected chi connectivity index (χ2v) is 7.64. The number of furan rings is 1. The van der Waals surface area contributed by atoms with Crippen molar-refractivity contribution in [3.05, 3.63) is 75.6 Å². The average Bonchev–Trinajstić information content (AvgIpc) is 3.25. The van der Waals surface area contributed by atoms with Crippen molar-refractivity contribution in [1.29, 1.82) is 0 Å². The number of halogens is 2. The van der Waals surface area contributed by atoms with Gasteiger partial charge in [-0.05, 0) is 48.2 Å². The number of carbonyl (C=O) groups excluding carboxylic acids is 1. The van der Waals surface area contributed by atoms with E-state index in [1.165, 1.54) is 16.7 Å². The van der Waals surface area contributed by atoms with Crippen LogP contribution in [-0.2, 0) is 4.79 Å². The van der Waals surface area contributed by atoms with Crippen LogP contribution >= 0.6 is 35.0 Å². The maximum Gasteiger partial charge on any atom is 0.266 e. The summed E-state index contributed by atoms with van der Waals surface area (Å²) in [6.45, 7) is 0. The Kier molecular flexibility index (Phi) is 5.26. The first-order valence-corrected chi connectivity index (χ1v) is 9.82. The molecule has 140 valence electrons. The number of aromatic nitrogens is 1. The Labute approximate surface area is 175 Å². The third-order valence-electron chi connectivity index (χ3n) is 4.00. The molecule has 1 aliphatic heterocycles. The van der Waals surface area contributed by atoms with Crippen LogP contribution in [0.2, 0.25) is 10.2 Å². The van der Waals surface area contributed by atoms with Gasteiger partial charge in [-0.3, -0.25) is 9.69 Å². The number of aliphatic imine (C=N–C) groups is 1. The molecule has 0 atom stereocenters. The third-order valence-corrected chi connectivity index (χ3v) is 5.68. The Hall–Kier alpha value is -2.54. The summed E-state index contributed by atoms with van der Waals surface area (Å²) in [5, 5.41) is 1.40. The number of pyridine rings is 1. The molecule has 1 saturated heterocycles. The van der Waals surface area contributed by atoms with Gasteiger partial charge in [-0.25, -0.2) is 9.98 Å². The average molecular weight is 430 g/mol. The largest absolute Gasteiger partial charge is 0.457 e. The maximum atomic E-state index is 12.6. The first-order valence-electron chi connectivity index (χ1n) is 8.24. The number of rotatable bonds is 3. The molecule has 1 fully saturated rings. The van der Waals surface area contributed by atoms with Crippen molar-refractivity contribution in [3.63, 3.8) is 0 Å². The molecule has 3 heterocycles. The van der Waals surface area contributed by atoms with E-state index in [-0.39, 0.29) is 11.1 Å². The van der Waals surface area contributed by atoms with Crippen LogP contribution in [0.1, 0.15) is 5.76 Å². The van der Waals surface area contributed by atoms with Crippen molar-refractivity contribution in [3.8, 4) is 11.3 Å². The van der Waals surface area contributed by atoms with E-state index in [4.69, 9.17) is 27.6 Å². The number of likely N-dealkylation sites (N-methyl/N-ethyl adjacent to an activating group) is 1. The van der Waals surface area contributed by atoms with Gasteiger partial charge in [-0.1, -0.05) is 35.3 Å². The molecular formula is C20H13Cl2N3O2S. The third kappa shape index (κ3) is 3.71. The number of hydrogen-bond donors (Lipinski definition) is 0. The number of thioether (sulfide) groups is 1. The highest BCUT2D eigenvalue weighted by atomic mass is 35.5. The van der Waals surface area contributed by atoms with Gasteiger partial charge in [0.1, 0.15) is 17.2 Å². The van der Waals surface area contributed by atoms with Gasteiger partial charge >= 0.3 is 0 Å². The summed E-state index contributed by atoms with van der Waals surface area (Å²) in [5.74, 6) is 1.02. The van der Waals surface area contributed by atoms with Gasteiger partial charge in [0.15, 0.2) is 10.3 Å². The van der Waals surface area contributed by atoms with Gasteiger partial charge in [-0.2, -0.15) is 0 Å². The molecule has 4 rings (SSSR count). The minimum absolute atomic E-state index is 0.167. The lowest BCUT2D eigenvalue weighted by atomic mass is 10.2. The maximum absolute atomic E-state index is 12.6. The van der Waals surface area contributed by atoms with Crippen molar-refractivity contribution in [1.82, 2.24) is 9.88 Å². The standard InChI is InChI=1S/C20H13Cl2N3O2S/c1-25-19(26)17(28-20(25)24-15-7-4-10-23-18(15)22)11-12-8-9-16(27-12)13-5-2-3-6-14(13)21/h2-11H,1H3/b17-11+,24-20?. The van der Waals surface area contributed by atoms with E-state index in [9.17, 15) is 4.79 Å². The molecule has 0 bridgehead atoms. The Balaban J connectivity index is 1.62. The molecule has 0 radical (unpaired) electrons. The van der Waals surface area contributed by atoms with Crippen molar-refractivity contribution in [2.75, 3.05) is 7.05 Å². The molecule has 0 aliphatic carbocycles. The number of carbonyl (C=O) groups is 1. The topological polar surface area (TPSA) is 58.7 Å². The zero-order chi connectivity index (χ0) is 19.7. The van der Waals surface area contributed by atoms with Gasteiger partial charge < -0.3 is 4.42 Å². The van der Waals surface area contributed by atoms with E-state index in [1.54, 1.807) is 43.6 Å². The van der Waals surface area contributed by atoms with E-state index >= 15 is 0 Å². The highest BCUT2D eigenvalue weighted by Crippen LogP contribution is 2.35. The number of benzene rings is 1. The molecule has 2 aromatic heterocycles. The van der Waals surface area contributed by atoms with Crippen LogP contribution in [0.4, 0.5) is 5.69 Å². The Morgan fingerprint density at radius 2 is 1.96 bits per heavy atom. The fraction of sp³-hybridized carbons (Fsp3) is 0.0500. The quantitative estimate of drug-likeness (QED) is 0.385. The summed E-state index contributed by atoms with van der Waals surface area (Å²) in [6, 6.07) is 14.5. The molecule has 3 aromatic rings. The van der Waals surface area contributed by atoms with E-state index in [0.29, 0.717) is 32.3 Å². The zero-order valence-electron chi connectivity index (χ0n) is 14.6. The van der Waals surface area contributed by atoms with Crippen LogP contribution in [-0.4, -0.2) is 28.0 Å². The van der Waals surface area contributed by atoms with Crippen molar-refractivity contribution in [2.45, 2.75) is 0 Å². The Bertz CT molecular complexity index is 1120. The lowest BCUT2D eigenvalue weighted by Crippen LogP contribution is -2.23. The SMILES string of the molecule is CN1C(=O)/C(=C\c2ccc(-c3ccccc3Cl)o2)SC1=Nc1cccnc1Cl. The lowest BCUT2D eigenvalue weighted by Gasteiger charge is -2.07. The Morgan fingerprint density at radius 1 is 1.14 bits per heavy atom. The van der Waals surface area contributed by atoms with Crippen LogP contribution < -0.4 is 0 Å². The van der Waals surface area contributed by atoms with Crippen molar-refractivity contribution in [2.24, 2.45) is 4.99 Å². The summed E-state index contributed by atoms with van der Waals surface area (Å²) in [5.41, 5.74) is 1.30. The molecular weight excluding hydrogens is 417 g/mol.